The van der Waals surface area contributed by atoms with Crippen LogP contribution in [0.3, 0.4) is 0 Å². The van der Waals surface area contributed by atoms with Crippen LogP contribution in [0.25, 0.3) is 0 Å². The Balaban J connectivity index is 2.33. The average Bonchev–Trinajstić information content (AvgIpc) is 3.03. The number of alkyl halides is 1. The highest BCUT2D eigenvalue weighted by atomic mass is 79.9. The van der Waals surface area contributed by atoms with Gasteiger partial charge in [-0.25, -0.2) is 0 Å². The van der Waals surface area contributed by atoms with Crippen molar-refractivity contribution < 1.29 is 14.5 Å². The number of nitrogens with one attached hydrogen (secondary N) is 2. The van der Waals surface area contributed by atoms with Crippen LogP contribution in [0.4, 0.5) is 11.4 Å². The maximum atomic E-state index is 12.3. The van der Waals surface area contributed by atoms with Crippen molar-refractivity contribution in [2.45, 2.75) is 19.4 Å². The predicted molar refractivity (Wildman–Crippen MR) is 98.1 cm³/mol. The van der Waals surface area contributed by atoms with Crippen molar-refractivity contribution in [3.05, 3.63) is 32.3 Å². The first-order valence-corrected chi connectivity index (χ1v) is 9.06. The van der Waals surface area contributed by atoms with Crippen LogP contribution in [0.2, 0.25) is 0 Å². The van der Waals surface area contributed by atoms with E-state index >= 15 is 0 Å². The molecule has 1 fully saturated rings. The number of halogens is 2. The Morgan fingerprint density at radius 2 is 2.20 bits per heavy atom. The number of amides is 2. The quantitative estimate of drug-likeness (QED) is 0.407. The van der Waals surface area contributed by atoms with Crippen LogP contribution < -0.4 is 10.6 Å². The molecule has 0 spiro atoms. The summed E-state index contributed by atoms with van der Waals surface area (Å²) in [5, 5.41) is 17.2. The number of nitro groups is 1. The maximum absolute atomic E-state index is 12.3. The fraction of sp³-hybridized carbons (Fsp3) is 0.467. The molecule has 1 aliphatic rings. The second-order valence-electron chi connectivity index (χ2n) is 5.57. The molecule has 0 bridgehead atoms. The number of carbonyl (C=O) groups excluding carboxylic acids is 2. The highest BCUT2D eigenvalue weighted by Gasteiger charge is 2.30. The molecule has 2 amide bonds. The van der Waals surface area contributed by atoms with Crippen LogP contribution in [-0.4, -0.2) is 53.2 Å². The van der Waals surface area contributed by atoms with E-state index in [1.807, 2.05) is 0 Å². The molecule has 0 radical (unpaired) electrons. The number of anilines is 1. The Hall–Kier alpha value is -1.87. The molecule has 1 heterocycles. The third-order valence-corrected chi connectivity index (χ3v) is 4.55. The first-order valence-electron chi connectivity index (χ1n) is 7.73. The smallest absolute Gasteiger partial charge is 0.294 e. The molecule has 0 aromatic heterocycles. The van der Waals surface area contributed by atoms with Gasteiger partial charge in [-0.05, 0) is 19.4 Å². The first-order chi connectivity index (χ1) is 11.9. The monoisotopic (exact) mass is 432 g/mol. The predicted octanol–water partition coefficient (Wildman–Crippen LogP) is 2.36. The number of hydrogen-bond donors (Lipinski definition) is 2. The van der Waals surface area contributed by atoms with Crippen LogP contribution in [0, 0.1) is 10.1 Å². The zero-order valence-electron chi connectivity index (χ0n) is 13.6. The second kappa shape index (κ2) is 8.48. The van der Waals surface area contributed by atoms with Gasteiger partial charge in [0.15, 0.2) is 0 Å². The molecule has 1 aromatic carbocycles. The van der Waals surface area contributed by atoms with Crippen molar-refractivity contribution in [2.24, 2.45) is 0 Å². The summed E-state index contributed by atoms with van der Waals surface area (Å²) >= 11 is 8.77. The van der Waals surface area contributed by atoms with Crippen molar-refractivity contribution in [2.75, 3.05) is 30.8 Å². The minimum Gasteiger partial charge on any atom is -0.374 e. The van der Waals surface area contributed by atoms with Gasteiger partial charge in [0, 0.05) is 36.2 Å². The molecule has 0 aliphatic carbocycles. The summed E-state index contributed by atoms with van der Waals surface area (Å²) in [7, 11) is 0. The van der Waals surface area contributed by atoms with E-state index in [2.05, 4.69) is 26.6 Å². The molecule has 1 aromatic rings. The summed E-state index contributed by atoms with van der Waals surface area (Å²) in [6.45, 7) is 3.07. The summed E-state index contributed by atoms with van der Waals surface area (Å²) in [4.78, 5) is 36.5. The average molecular weight is 434 g/mol. The fourth-order valence-electron chi connectivity index (χ4n) is 2.72. The normalized spacial score (nSPS) is 16.6. The maximum Gasteiger partial charge on any atom is 0.294 e. The lowest BCUT2D eigenvalue weighted by Gasteiger charge is -2.18. The van der Waals surface area contributed by atoms with Gasteiger partial charge in [-0.2, -0.15) is 0 Å². The van der Waals surface area contributed by atoms with E-state index in [0.717, 1.165) is 0 Å². The molecule has 10 heteroatoms. The van der Waals surface area contributed by atoms with E-state index in [4.69, 9.17) is 11.6 Å². The van der Waals surface area contributed by atoms with Gasteiger partial charge in [0.1, 0.15) is 11.6 Å². The van der Waals surface area contributed by atoms with Gasteiger partial charge >= 0.3 is 0 Å². The van der Waals surface area contributed by atoms with Gasteiger partial charge in [-0.15, -0.1) is 11.6 Å². The van der Waals surface area contributed by atoms with E-state index in [-0.39, 0.29) is 34.8 Å². The summed E-state index contributed by atoms with van der Waals surface area (Å²) < 4.78 is 0.441. The van der Waals surface area contributed by atoms with Crippen LogP contribution in [0.15, 0.2) is 16.6 Å². The molecular formula is C15H18BrClN4O4. The van der Waals surface area contributed by atoms with E-state index in [9.17, 15) is 19.7 Å². The molecule has 2 rings (SSSR count). The number of nitrogens with zero attached hydrogens (tertiary/aromatic N) is 2. The van der Waals surface area contributed by atoms with Gasteiger partial charge in [-0.1, -0.05) is 15.9 Å². The van der Waals surface area contributed by atoms with E-state index in [1.54, 1.807) is 11.8 Å². The number of carbonyl (C=O) groups is 2. The highest BCUT2D eigenvalue weighted by Crippen LogP contribution is 2.34. The summed E-state index contributed by atoms with van der Waals surface area (Å²) in [6, 6.07) is 2.69. The number of rotatable bonds is 6. The third-order valence-electron chi connectivity index (χ3n) is 3.86. The van der Waals surface area contributed by atoms with Crippen LogP contribution in [0.5, 0.6) is 0 Å². The summed E-state index contributed by atoms with van der Waals surface area (Å²) in [5.41, 5.74) is 0.145. The summed E-state index contributed by atoms with van der Waals surface area (Å²) in [6.07, 6.45) is 0.616. The number of likely N-dealkylation sites (tertiary alicyclic amines) is 1. The Morgan fingerprint density at radius 3 is 2.80 bits per heavy atom. The Morgan fingerprint density at radius 1 is 1.48 bits per heavy atom. The zero-order chi connectivity index (χ0) is 18.6. The zero-order valence-corrected chi connectivity index (χ0v) is 15.9. The van der Waals surface area contributed by atoms with E-state index in [1.165, 1.54) is 12.1 Å². The fourth-order valence-corrected chi connectivity index (χ4v) is 3.33. The Kier molecular flexibility index (Phi) is 6.60. The lowest BCUT2D eigenvalue weighted by atomic mass is 10.1. The van der Waals surface area contributed by atoms with E-state index < -0.39 is 10.8 Å². The van der Waals surface area contributed by atoms with Crippen molar-refractivity contribution in [3.8, 4) is 0 Å². The molecule has 25 heavy (non-hydrogen) atoms. The van der Waals surface area contributed by atoms with Crippen molar-refractivity contribution in [1.29, 1.82) is 0 Å². The van der Waals surface area contributed by atoms with Crippen LogP contribution in [-0.2, 0) is 4.79 Å². The number of benzene rings is 1. The SMILES string of the molecule is CCNC(=O)c1cc(Br)cc([N+](=O)[O-])c1NC1CCN(C(=O)CCl)C1. The largest absolute Gasteiger partial charge is 0.374 e. The minimum atomic E-state index is -0.535. The van der Waals surface area contributed by atoms with E-state index in [0.29, 0.717) is 30.5 Å². The minimum absolute atomic E-state index is 0.102. The molecule has 8 nitrogen and oxygen atoms in total. The van der Waals surface area contributed by atoms with Gasteiger partial charge in [0.05, 0.1) is 10.5 Å². The highest BCUT2D eigenvalue weighted by molar-refractivity contribution is 9.10. The number of hydrogen-bond acceptors (Lipinski definition) is 5. The standard InChI is InChI=1S/C15H18BrClN4O4/c1-2-18-15(23)11-5-9(16)6-12(21(24)25)14(11)19-10-3-4-20(8-10)13(22)7-17/h5-6,10,19H,2-4,7-8H2,1H3,(H,18,23). The van der Waals surface area contributed by atoms with Crippen LogP contribution in [0.1, 0.15) is 23.7 Å². The molecule has 1 aliphatic heterocycles. The van der Waals surface area contributed by atoms with Crippen molar-refractivity contribution >= 4 is 50.7 Å². The van der Waals surface area contributed by atoms with Crippen molar-refractivity contribution in [1.82, 2.24) is 10.2 Å². The summed E-state index contributed by atoms with van der Waals surface area (Å²) in [5.74, 6) is -0.684. The Labute approximate surface area is 158 Å². The van der Waals surface area contributed by atoms with Gasteiger partial charge in [-0.3, -0.25) is 19.7 Å². The lowest BCUT2D eigenvalue weighted by molar-refractivity contribution is -0.384. The van der Waals surface area contributed by atoms with Gasteiger partial charge in [0.2, 0.25) is 5.91 Å². The van der Waals surface area contributed by atoms with Gasteiger partial charge < -0.3 is 15.5 Å². The molecule has 1 saturated heterocycles. The second-order valence-corrected chi connectivity index (χ2v) is 6.75. The number of nitro benzene ring substituents is 1. The molecule has 0 saturated carbocycles. The molecular weight excluding hydrogens is 416 g/mol. The molecule has 1 atom stereocenters. The van der Waals surface area contributed by atoms with Crippen LogP contribution >= 0.6 is 27.5 Å². The molecule has 136 valence electrons. The lowest BCUT2D eigenvalue weighted by Crippen LogP contribution is -2.33. The Bertz CT molecular complexity index is 700. The molecule has 1 unspecified atom stereocenters. The van der Waals surface area contributed by atoms with Gasteiger partial charge in [0.25, 0.3) is 11.6 Å². The topological polar surface area (TPSA) is 105 Å². The molecule has 2 N–H and O–H groups in total. The van der Waals surface area contributed by atoms with Crippen molar-refractivity contribution in [3.63, 3.8) is 0 Å². The first kappa shape index (κ1) is 19.5. The third kappa shape index (κ3) is 4.60.